The number of nitrogens with one attached hydrogen (secondary N) is 2. The first-order valence-electron chi connectivity index (χ1n) is 9.07. The number of hydrogen-bond acceptors (Lipinski definition) is 2. The van der Waals surface area contributed by atoms with Gasteiger partial charge in [0.05, 0.1) is 0 Å². The Labute approximate surface area is 149 Å². The van der Waals surface area contributed by atoms with Crippen molar-refractivity contribution in [1.29, 1.82) is 0 Å². The maximum Gasteiger partial charge on any atom is 0.315 e. The predicted molar refractivity (Wildman–Crippen MR) is 95.4 cm³/mol. The highest BCUT2D eigenvalue weighted by Crippen LogP contribution is 2.17. The maximum absolute atomic E-state index is 12.9. The summed E-state index contributed by atoms with van der Waals surface area (Å²) in [4.78, 5) is 26.7. The lowest BCUT2D eigenvalue weighted by Gasteiger charge is -2.33. The van der Waals surface area contributed by atoms with Gasteiger partial charge < -0.3 is 15.5 Å². The van der Waals surface area contributed by atoms with Crippen molar-refractivity contribution in [3.8, 4) is 0 Å². The third-order valence-electron chi connectivity index (χ3n) is 4.52. The molecule has 0 aromatic heterocycles. The van der Waals surface area contributed by atoms with E-state index in [-0.39, 0.29) is 17.8 Å². The molecule has 0 aliphatic carbocycles. The molecule has 1 aliphatic rings. The highest BCUT2D eigenvalue weighted by molar-refractivity contribution is 5.87. The Morgan fingerprint density at radius 1 is 1.32 bits per heavy atom. The lowest BCUT2D eigenvalue weighted by atomic mass is 9.99. The third kappa shape index (κ3) is 6.03. The molecule has 2 rings (SSSR count). The van der Waals surface area contributed by atoms with Gasteiger partial charge in [-0.05, 0) is 42.9 Å². The molecule has 1 heterocycles. The van der Waals surface area contributed by atoms with Crippen molar-refractivity contribution in [2.24, 2.45) is 5.92 Å². The fourth-order valence-electron chi connectivity index (χ4n) is 3.15. The molecule has 2 N–H and O–H groups in total. The first-order valence-corrected chi connectivity index (χ1v) is 9.07. The molecule has 5 nitrogen and oxygen atoms in total. The van der Waals surface area contributed by atoms with E-state index < -0.39 is 6.04 Å². The second-order valence-electron chi connectivity index (χ2n) is 6.83. The Morgan fingerprint density at radius 2 is 2.04 bits per heavy atom. The lowest BCUT2D eigenvalue weighted by Crippen LogP contribution is -2.53. The normalized spacial score (nSPS) is 18.5. The number of piperidine rings is 1. The summed E-state index contributed by atoms with van der Waals surface area (Å²) < 4.78 is 12.9. The minimum Gasteiger partial charge on any atom is -0.341 e. The molecule has 0 saturated carbocycles. The van der Waals surface area contributed by atoms with E-state index >= 15 is 0 Å². The Hall–Kier alpha value is -2.11. The van der Waals surface area contributed by atoms with E-state index in [1.165, 1.54) is 12.1 Å². The Balaban J connectivity index is 1.87. The van der Waals surface area contributed by atoms with Crippen LogP contribution in [0.5, 0.6) is 0 Å². The average Bonchev–Trinajstić information content (AvgIpc) is 2.60. The number of halogens is 1. The number of carbonyl (C=O) groups excluding carboxylic acids is 2. The van der Waals surface area contributed by atoms with Crippen LogP contribution in [0, 0.1) is 11.7 Å². The van der Waals surface area contributed by atoms with Crippen molar-refractivity contribution in [3.63, 3.8) is 0 Å². The van der Waals surface area contributed by atoms with Crippen LogP contribution in [0.2, 0.25) is 0 Å². The summed E-state index contributed by atoms with van der Waals surface area (Å²) in [5.41, 5.74) is 0.805. The van der Waals surface area contributed by atoms with Gasteiger partial charge in [0.25, 0.3) is 0 Å². The minimum atomic E-state index is -0.497. The molecule has 6 heteroatoms. The van der Waals surface area contributed by atoms with Crippen LogP contribution in [-0.2, 0) is 11.3 Å². The zero-order valence-electron chi connectivity index (χ0n) is 15.1. The number of urea groups is 1. The summed E-state index contributed by atoms with van der Waals surface area (Å²) in [7, 11) is 0. The Kier molecular flexibility index (Phi) is 7.22. The van der Waals surface area contributed by atoms with Crippen LogP contribution in [0.3, 0.4) is 0 Å². The second-order valence-corrected chi connectivity index (χ2v) is 6.83. The summed E-state index contributed by atoms with van der Waals surface area (Å²) in [5, 5.41) is 5.53. The zero-order valence-corrected chi connectivity index (χ0v) is 15.1. The van der Waals surface area contributed by atoms with E-state index in [0.29, 0.717) is 18.9 Å². The van der Waals surface area contributed by atoms with Gasteiger partial charge in [0.15, 0.2) is 0 Å². The van der Waals surface area contributed by atoms with Crippen LogP contribution >= 0.6 is 0 Å². The van der Waals surface area contributed by atoms with Crippen LogP contribution in [0.25, 0.3) is 0 Å². The predicted octanol–water partition coefficient (Wildman–Crippen LogP) is 3.05. The zero-order chi connectivity index (χ0) is 18.2. The summed E-state index contributed by atoms with van der Waals surface area (Å²) in [6, 6.07) is 5.09. The number of nitrogens with zero attached hydrogens (tertiary/aromatic N) is 1. The van der Waals surface area contributed by atoms with Gasteiger partial charge in [0, 0.05) is 19.6 Å². The van der Waals surface area contributed by atoms with E-state index in [1.54, 1.807) is 12.1 Å². The summed E-state index contributed by atoms with van der Waals surface area (Å²) in [6.45, 7) is 5.97. The van der Waals surface area contributed by atoms with Gasteiger partial charge in [-0.1, -0.05) is 32.4 Å². The van der Waals surface area contributed by atoms with E-state index in [1.807, 2.05) is 11.8 Å². The molecular weight excluding hydrogens is 321 g/mol. The van der Waals surface area contributed by atoms with Gasteiger partial charge in [-0.25, -0.2) is 9.18 Å². The Bertz CT molecular complexity index is 577. The lowest BCUT2D eigenvalue weighted by molar-refractivity contribution is -0.135. The van der Waals surface area contributed by atoms with Gasteiger partial charge in [0.1, 0.15) is 11.9 Å². The molecule has 25 heavy (non-hydrogen) atoms. The molecule has 1 aliphatic heterocycles. The molecule has 0 spiro atoms. The van der Waals surface area contributed by atoms with Crippen molar-refractivity contribution in [2.45, 2.75) is 52.1 Å². The molecule has 138 valence electrons. The minimum absolute atomic E-state index is 0.00494. The highest BCUT2D eigenvalue weighted by Gasteiger charge is 2.28. The smallest absolute Gasteiger partial charge is 0.315 e. The van der Waals surface area contributed by atoms with Crippen molar-refractivity contribution >= 4 is 11.9 Å². The maximum atomic E-state index is 12.9. The van der Waals surface area contributed by atoms with Crippen molar-refractivity contribution < 1.29 is 14.0 Å². The van der Waals surface area contributed by atoms with Gasteiger partial charge >= 0.3 is 6.03 Å². The topological polar surface area (TPSA) is 61.4 Å². The first-order chi connectivity index (χ1) is 12.0. The fourth-order valence-corrected chi connectivity index (χ4v) is 3.15. The molecule has 0 radical (unpaired) electrons. The van der Waals surface area contributed by atoms with Crippen LogP contribution in [-0.4, -0.2) is 36.0 Å². The molecule has 2 unspecified atom stereocenters. The van der Waals surface area contributed by atoms with Crippen molar-refractivity contribution in [2.75, 3.05) is 13.1 Å². The van der Waals surface area contributed by atoms with Gasteiger partial charge in [-0.2, -0.15) is 0 Å². The van der Waals surface area contributed by atoms with Crippen LogP contribution in [0.15, 0.2) is 24.3 Å². The summed E-state index contributed by atoms with van der Waals surface area (Å²) in [6.07, 6.45) is 3.60. The fraction of sp³-hybridized carbons (Fsp3) is 0.579. The van der Waals surface area contributed by atoms with Crippen LogP contribution in [0.1, 0.15) is 45.1 Å². The van der Waals surface area contributed by atoms with Gasteiger partial charge in [0.2, 0.25) is 5.91 Å². The molecule has 1 saturated heterocycles. The third-order valence-corrected chi connectivity index (χ3v) is 4.52. The molecule has 0 bridgehead atoms. The number of carbonyl (C=O) groups is 2. The highest BCUT2D eigenvalue weighted by atomic mass is 19.1. The number of amides is 3. The molecule has 1 aromatic carbocycles. The molecule has 1 fully saturated rings. The number of likely N-dealkylation sites (tertiary alicyclic amines) is 1. The van der Waals surface area contributed by atoms with Crippen LogP contribution in [0.4, 0.5) is 9.18 Å². The molecule has 3 amide bonds. The van der Waals surface area contributed by atoms with Gasteiger partial charge in [-0.3, -0.25) is 4.79 Å². The Morgan fingerprint density at radius 3 is 2.68 bits per heavy atom. The van der Waals surface area contributed by atoms with Crippen molar-refractivity contribution in [3.05, 3.63) is 35.6 Å². The molecule has 1 aromatic rings. The SMILES string of the molecule is CCCC(NC(=O)NCc1ccc(F)cc1)C(=O)N1CCCC(C)C1. The van der Waals surface area contributed by atoms with Crippen molar-refractivity contribution in [1.82, 2.24) is 15.5 Å². The number of benzene rings is 1. The molecule has 2 atom stereocenters. The van der Waals surface area contributed by atoms with E-state index in [9.17, 15) is 14.0 Å². The van der Waals surface area contributed by atoms with E-state index in [4.69, 9.17) is 0 Å². The number of rotatable bonds is 6. The number of hydrogen-bond donors (Lipinski definition) is 2. The standard InChI is InChI=1S/C19H28FN3O2/c1-3-5-17(18(24)23-11-4-6-14(2)13-23)22-19(25)21-12-15-7-9-16(20)10-8-15/h7-10,14,17H,3-6,11-13H2,1-2H3,(H2,21,22,25). The first kappa shape index (κ1) is 19.2. The van der Waals surface area contributed by atoms with Gasteiger partial charge in [-0.15, -0.1) is 0 Å². The van der Waals surface area contributed by atoms with E-state index in [2.05, 4.69) is 17.6 Å². The monoisotopic (exact) mass is 349 g/mol. The molecular formula is C19H28FN3O2. The quantitative estimate of drug-likeness (QED) is 0.829. The summed E-state index contributed by atoms with van der Waals surface area (Å²) in [5.74, 6) is 0.204. The van der Waals surface area contributed by atoms with Crippen LogP contribution < -0.4 is 10.6 Å². The summed E-state index contributed by atoms with van der Waals surface area (Å²) >= 11 is 0. The van der Waals surface area contributed by atoms with E-state index in [0.717, 1.165) is 37.9 Å². The second kappa shape index (κ2) is 9.39. The average molecular weight is 349 g/mol. The largest absolute Gasteiger partial charge is 0.341 e.